The van der Waals surface area contributed by atoms with Gasteiger partial charge in [-0.15, -0.1) is 11.3 Å². The summed E-state index contributed by atoms with van der Waals surface area (Å²) in [6, 6.07) is 8.09. The fraction of sp³-hybridized carbons (Fsp3) is 0.409. The molecule has 0 radical (unpaired) electrons. The van der Waals surface area contributed by atoms with Crippen LogP contribution in [0.15, 0.2) is 40.2 Å². The van der Waals surface area contributed by atoms with Crippen molar-refractivity contribution in [3.8, 4) is 10.6 Å². The Morgan fingerprint density at radius 1 is 1.20 bits per heavy atom. The predicted molar refractivity (Wildman–Crippen MR) is 126 cm³/mol. The smallest absolute Gasteiger partial charge is 0.411 e. The second kappa shape index (κ2) is 9.75. The van der Waals surface area contributed by atoms with Gasteiger partial charge in [0, 0.05) is 25.3 Å². The van der Waals surface area contributed by atoms with Gasteiger partial charge in [-0.3, -0.25) is 9.69 Å². The van der Waals surface area contributed by atoms with E-state index in [0.29, 0.717) is 11.3 Å². The third-order valence-electron chi connectivity index (χ3n) is 4.08. The molecule has 1 aromatic carbocycles. The summed E-state index contributed by atoms with van der Waals surface area (Å²) in [5, 5.41) is 0.831. The molecule has 0 atom stereocenters. The van der Waals surface area contributed by atoms with E-state index in [1.165, 1.54) is 16.2 Å². The number of hydrogen-bond acceptors (Lipinski definition) is 6. The number of hydrogen-bond donors (Lipinski definition) is 0. The number of nitrogens with zero attached hydrogens (tertiary/aromatic N) is 3. The second-order valence-electron chi connectivity index (χ2n) is 8.22. The summed E-state index contributed by atoms with van der Waals surface area (Å²) in [6.45, 7) is 10.7. The summed E-state index contributed by atoms with van der Waals surface area (Å²) in [5.41, 5.74) is 2.48. The summed E-state index contributed by atoms with van der Waals surface area (Å²) in [6.07, 6.45) is -0.561. The number of ether oxygens (including phenoxy) is 1. The molecule has 2 rings (SSSR count). The number of aromatic nitrogens is 1. The second-order valence-corrected chi connectivity index (χ2v) is 10.5. The lowest BCUT2D eigenvalue weighted by atomic mass is 10.2. The molecule has 0 bridgehead atoms. The van der Waals surface area contributed by atoms with Crippen molar-refractivity contribution in [1.29, 1.82) is 0 Å². The molecule has 0 aliphatic carbocycles. The first-order chi connectivity index (χ1) is 13.9. The molecule has 1 amide bonds. The van der Waals surface area contributed by atoms with Gasteiger partial charge >= 0.3 is 6.09 Å². The summed E-state index contributed by atoms with van der Waals surface area (Å²) < 4.78 is 6.29. The van der Waals surface area contributed by atoms with Gasteiger partial charge in [0.15, 0.2) is 5.78 Å². The average molecular weight is 494 g/mol. The molecule has 162 valence electrons. The van der Waals surface area contributed by atoms with Crippen LogP contribution in [0, 0.1) is 0 Å². The number of rotatable bonds is 7. The molecule has 0 saturated carbocycles. The first kappa shape index (κ1) is 24.1. The molecule has 6 nitrogen and oxygen atoms in total. The fourth-order valence-electron chi connectivity index (χ4n) is 2.46. The minimum atomic E-state index is -0.666. The Bertz CT molecular complexity index is 930. The van der Waals surface area contributed by atoms with Gasteiger partial charge in [-0.25, -0.2) is 9.78 Å². The number of Topliss-reactive ketones (excluding diaryl/α,β-unsaturated/α-hetero) is 1. The Morgan fingerprint density at radius 2 is 1.80 bits per heavy atom. The largest absolute Gasteiger partial charge is 0.444 e. The van der Waals surface area contributed by atoms with E-state index in [1.807, 2.05) is 43.3 Å². The van der Waals surface area contributed by atoms with Gasteiger partial charge in [0.1, 0.15) is 10.6 Å². The first-order valence-electron chi connectivity index (χ1n) is 9.47. The van der Waals surface area contributed by atoms with Crippen LogP contribution >= 0.6 is 27.3 Å². The zero-order valence-electron chi connectivity index (χ0n) is 18.3. The van der Waals surface area contributed by atoms with Crippen LogP contribution in [0.1, 0.15) is 33.4 Å². The Labute approximate surface area is 190 Å². The van der Waals surface area contributed by atoms with Crippen LogP contribution in [-0.4, -0.2) is 48.0 Å². The van der Waals surface area contributed by atoms with E-state index in [4.69, 9.17) is 9.72 Å². The van der Waals surface area contributed by atoms with Crippen molar-refractivity contribution < 1.29 is 14.3 Å². The topological polar surface area (TPSA) is 62.7 Å². The third kappa shape index (κ3) is 6.67. The highest BCUT2D eigenvalue weighted by molar-refractivity contribution is 9.11. The molecule has 1 heterocycles. The molecule has 0 spiro atoms. The number of amides is 1. The minimum Gasteiger partial charge on any atom is -0.444 e. The maximum atomic E-state index is 12.7. The lowest BCUT2D eigenvalue weighted by molar-refractivity contribution is -0.116. The standard InChI is InChI=1S/C22H28BrN3O3S/c1-14(2)18(27)13-26(21(28)29-22(3,4)5)12-17-19(23)30-20(24-17)15-8-10-16(11-9-15)25(6)7/h8-11H,1,12-13H2,2-7H3. The lowest BCUT2D eigenvalue weighted by Crippen LogP contribution is -2.39. The number of ketones is 1. The normalized spacial score (nSPS) is 11.2. The molecule has 0 fully saturated rings. The van der Waals surface area contributed by atoms with E-state index in [2.05, 4.69) is 22.5 Å². The summed E-state index contributed by atoms with van der Waals surface area (Å²) in [7, 11) is 3.98. The number of benzene rings is 1. The van der Waals surface area contributed by atoms with E-state index >= 15 is 0 Å². The predicted octanol–water partition coefficient (Wildman–Crippen LogP) is 5.52. The van der Waals surface area contributed by atoms with Crippen molar-refractivity contribution in [3.05, 3.63) is 45.9 Å². The lowest BCUT2D eigenvalue weighted by Gasteiger charge is -2.26. The molecule has 1 aromatic heterocycles. The van der Waals surface area contributed by atoms with E-state index in [1.54, 1.807) is 27.7 Å². The number of halogens is 1. The molecule has 0 saturated heterocycles. The quantitative estimate of drug-likeness (QED) is 0.475. The third-order valence-corrected chi connectivity index (χ3v) is 5.96. The van der Waals surface area contributed by atoms with Crippen LogP contribution < -0.4 is 4.90 Å². The van der Waals surface area contributed by atoms with Crippen LogP contribution in [0.25, 0.3) is 10.6 Å². The van der Waals surface area contributed by atoms with Crippen molar-refractivity contribution in [1.82, 2.24) is 9.88 Å². The van der Waals surface area contributed by atoms with Gasteiger partial charge in [0.2, 0.25) is 0 Å². The number of thiazole rings is 1. The number of anilines is 1. The van der Waals surface area contributed by atoms with Crippen LogP contribution in [-0.2, 0) is 16.1 Å². The van der Waals surface area contributed by atoms with Crippen LogP contribution in [0.4, 0.5) is 10.5 Å². The Hall–Kier alpha value is -2.19. The van der Waals surface area contributed by atoms with Crippen LogP contribution in [0.5, 0.6) is 0 Å². The van der Waals surface area contributed by atoms with Gasteiger partial charge in [-0.2, -0.15) is 0 Å². The highest BCUT2D eigenvalue weighted by Gasteiger charge is 2.26. The Kier molecular flexibility index (Phi) is 7.82. The molecule has 8 heteroatoms. The molecule has 0 aliphatic rings. The highest BCUT2D eigenvalue weighted by Crippen LogP contribution is 2.33. The average Bonchev–Trinajstić information content (AvgIpc) is 3.00. The van der Waals surface area contributed by atoms with Gasteiger partial charge in [-0.1, -0.05) is 6.58 Å². The maximum Gasteiger partial charge on any atom is 0.411 e. The maximum absolute atomic E-state index is 12.7. The highest BCUT2D eigenvalue weighted by atomic mass is 79.9. The molecular weight excluding hydrogens is 466 g/mol. The summed E-state index contributed by atoms with van der Waals surface area (Å²) in [4.78, 5) is 33.0. The van der Waals surface area contributed by atoms with Gasteiger partial charge in [-0.05, 0) is 73.5 Å². The van der Waals surface area contributed by atoms with E-state index in [9.17, 15) is 9.59 Å². The number of carbonyl (C=O) groups excluding carboxylic acids is 2. The van der Waals surface area contributed by atoms with E-state index in [-0.39, 0.29) is 18.9 Å². The van der Waals surface area contributed by atoms with Crippen molar-refractivity contribution in [2.24, 2.45) is 0 Å². The fourth-order valence-corrected chi connectivity index (χ4v) is 3.94. The summed E-state index contributed by atoms with van der Waals surface area (Å²) >= 11 is 5.04. The molecule has 0 N–H and O–H groups in total. The van der Waals surface area contributed by atoms with Crippen molar-refractivity contribution in [2.45, 2.75) is 39.8 Å². The molecule has 0 aliphatic heterocycles. The van der Waals surface area contributed by atoms with Gasteiger partial charge in [0.05, 0.1) is 22.6 Å². The van der Waals surface area contributed by atoms with E-state index in [0.717, 1.165) is 20.0 Å². The van der Waals surface area contributed by atoms with Gasteiger partial charge in [0.25, 0.3) is 0 Å². The minimum absolute atomic E-state index is 0.110. The van der Waals surface area contributed by atoms with Crippen molar-refractivity contribution in [2.75, 3.05) is 25.5 Å². The molecular formula is C22H28BrN3O3S. The zero-order valence-corrected chi connectivity index (χ0v) is 20.7. The summed E-state index contributed by atoms with van der Waals surface area (Å²) in [5.74, 6) is -0.216. The number of carbonyl (C=O) groups is 2. The molecule has 0 unspecified atom stereocenters. The van der Waals surface area contributed by atoms with Crippen molar-refractivity contribution in [3.63, 3.8) is 0 Å². The Morgan fingerprint density at radius 3 is 2.30 bits per heavy atom. The van der Waals surface area contributed by atoms with Gasteiger partial charge < -0.3 is 9.64 Å². The molecule has 30 heavy (non-hydrogen) atoms. The monoisotopic (exact) mass is 493 g/mol. The zero-order chi connectivity index (χ0) is 22.6. The SMILES string of the molecule is C=C(C)C(=O)CN(Cc1nc(-c2ccc(N(C)C)cc2)sc1Br)C(=O)OC(C)(C)C. The van der Waals surface area contributed by atoms with E-state index < -0.39 is 11.7 Å². The van der Waals surface area contributed by atoms with Crippen LogP contribution in [0.3, 0.4) is 0 Å². The van der Waals surface area contributed by atoms with Crippen molar-refractivity contribution >= 4 is 44.8 Å². The first-order valence-corrected chi connectivity index (χ1v) is 11.1. The van der Waals surface area contributed by atoms with Crippen LogP contribution in [0.2, 0.25) is 0 Å². The Balaban J connectivity index is 2.27. The molecule has 2 aromatic rings.